The number of nitrogens with one attached hydrogen (secondary N) is 2. The average Bonchev–Trinajstić information content (AvgIpc) is 2.26. The van der Waals surface area contributed by atoms with Gasteiger partial charge in [-0.1, -0.05) is 6.42 Å². The van der Waals surface area contributed by atoms with Crippen LogP contribution in [-0.4, -0.2) is 61.4 Å². The van der Waals surface area contributed by atoms with Crippen molar-refractivity contribution in [2.75, 3.05) is 33.7 Å². The van der Waals surface area contributed by atoms with Gasteiger partial charge in [-0.3, -0.25) is 0 Å². The summed E-state index contributed by atoms with van der Waals surface area (Å²) in [5.41, 5.74) is -0.655. The number of hydrogen-bond donors (Lipinski definition) is 3. The molecule has 1 aliphatic rings. The first kappa shape index (κ1) is 15.9. The van der Waals surface area contributed by atoms with E-state index in [0.717, 1.165) is 13.0 Å². The van der Waals surface area contributed by atoms with Crippen LogP contribution in [-0.2, 0) is 0 Å². The van der Waals surface area contributed by atoms with Gasteiger partial charge < -0.3 is 20.6 Å². The monoisotopic (exact) mass is 257 g/mol. The molecular weight excluding hydrogens is 226 g/mol. The lowest BCUT2D eigenvalue weighted by Gasteiger charge is -2.31. The Morgan fingerprint density at radius 1 is 1.44 bits per heavy atom. The van der Waals surface area contributed by atoms with E-state index in [9.17, 15) is 5.11 Å². The van der Waals surface area contributed by atoms with E-state index in [-0.39, 0.29) is 0 Å². The number of piperidine rings is 1. The van der Waals surface area contributed by atoms with Gasteiger partial charge in [-0.15, -0.1) is 0 Å². The average molecular weight is 257 g/mol. The van der Waals surface area contributed by atoms with E-state index in [0.29, 0.717) is 25.2 Å². The van der Waals surface area contributed by atoms with Crippen molar-refractivity contribution < 1.29 is 5.11 Å². The van der Waals surface area contributed by atoms with Crippen LogP contribution < -0.4 is 10.6 Å². The molecule has 0 bridgehead atoms. The highest BCUT2D eigenvalue weighted by Gasteiger charge is 2.22. The molecule has 0 aromatic heterocycles. The molecule has 3 unspecified atom stereocenters. The van der Waals surface area contributed by atoms with Gasteiger partial charge in [0.05, 0.1) is 5.60 Å². The third-order valence-electron chi connectivity index (χ3n) is 3.54. The third kappa shape index (κ3) is 6.69. The maximum absolute atomic E-state index is 10.2. The number of likely N-dealkylation sites (N-methyl/N-ethyl adjacent to an activating group) is 1. The van der Waals surface area contributed by atoms with E-state index >= 15 is 0 Å². The summed E-state index contributed by atoms with van der Waals surface area (Å²) in [4.78, 5) is 2.02. The Hall–Kier alpha value is -0.160. The van der Waals surface area contributed by atoms with Crippen LogP contribution in [0.5, 0.6) is 0 Å². The highest BCUT2D eigenvalue weighted by Crippen LogP contribution is 2.12. The summed E-state index contributed by atoms with van der Waals surface area (Å²) in [6, 6.07) is 1.11. The summed E-state index contributed by atoms with van der Waals surface area (Å²) in [7, 11) is 3.98. The summed E-state index contributed by atoms with van der Waals surface area (Å²) in [6.07, 6.45) is 5.11. The standard InChI is InChI=1S/C14H31N3O/c1-12(9-13-7-5-6-8-15-13)16-10-14(2,18)11-17(3)4/h12-13,15-16,18H,5-11H2,1-4H3. The zero-order chi connectivity index (χ0) is 13.6. The SMILES string of the molecule is CC(CC1CCCCN1)NCC(C)(O)CN(C)C. The predicted octanol–water partition coefficient (Wildman–Crippen LogP) is 0.809. The van der Waals surface area contributed by atoms with Crippen LogP contribution in [0, 0.1) is 0 Å². The molecule has 1 fully saturated rings. The van der Waals surface area contributed by atoms with Crippen molar-refractivity contribution >= 4 is 0 Å². The van der Waals surface area contributed by atoms with Gasteiger partial charge >= 0.3 is 0 Å². The quantitative estimate of drug-likeness (QED) is 0.632. The fraction of sp³-hybridized carbons (Fsp3) is 1.00. The second-order valence-corrected chi connectivity index (χ2v) is 6.40. The number of rotatable bonds is 7. The van der Waals surface area contributed by atoms with Crippen LogP contribution in [0.1, 0.15) is 39.5 Å². The Morgan fingerprint density at radius 2 is 2.17 bits per heavy atom. The Balaban J connectivity index is 2.20. The van der Waals surface area contributed by atoms with Gasteiger partial charge in [-0.05, 0) is 53.8 Å². The van der Waals surface area contributed by atoms with Gasteiger partial charge in [0.2, 0.25) is 0 Å². The summed E-state index contributed by atoms with van der Waals surface area (Å²) in [6.45, 7) is 6.61. The summed E-state index contributed by atoms with van der Waals surface area (Å²) in [5.74, 6) is 0. The first-order valence-electron chi connectivity index (χ1n) is 7.23. The third-order valence-corrected chi connectivity index (χ3v) is 3.54. The molecule has 1 heterocycles. The first-order valence-corrected chi connectivity index (χ1v) is 7.23. The normalized spacial score (nSPS) is 26.0. The predicted molar refractivity (Wildman–Crippen MR) is 76.9 cm³/mol. The minimum Gasteiger partial charge on any atom is -0.388 e. The Kier molecular flexibility index (Phi) is 6.57. The molecule has 4 nitrogen and oxygen atoms in total. The molecule has 1 aliphatic heterocycles. The summed E-state index contributed by atoms with van der Waals surface area (Å²) >= 11 is 0. The van der Waals surface area contributed by atoms with Gasteiger partial charge in [0.25, 0.3) is 0 Å². The Morgan fingerprint density at radius 3 is 2.72 bits per heavy atom. The topological polar surface area (TPSA) is 47.5 Å². The van der Waals surface area contributed by atoms with Crippen molar-refractivity contribution in [2.45, 2.75) is 57.2 Å². The highest BCUT2D eigenvalue weighted by molar-refractivity contribution is 4.82. The van der Waals surface area contributed by atoms with Crippen LogP contribution in [0.25, 0.3) is 0 Å². The lowest BCUT2D eigenvalue weighted by atomic mass is 9.98. The second kappa shape index (κ2) is 7.43. The first-order chi connectivity index (χ1) is 8.39. The van der Waals surface area contributed by atoms with Crippen molar-refractivity contribution in [3.8, 4) is 0 Å². The van der Waals surface area contributed by atoms with Crippen molar-refractivity contribution in [3.05, 3.63) is 0 Å². The van der Waals surface area contributed by atoms with Crippen LogP contribution >= 0.6 is 0 Å². The van der Waals surface area contributed by atoms with E-state index in [1.807, 2.05) is 25.9 Å². The molecule has 0 spiro atoms. The minimum atomic E-state index is -0.655. The number of nitrogens with zero attached hydrogens (tertiary/aromatic N) is 1. The van der Waals surface area contributed by atoms with Crippen molar-refractivity contribution in [3.63, 3.8) is 0 Å². The molecule has 0 aromatic carbocycles. The van der Waals surface area contributed by atoms with E-state index in [2.05, 4.69) is 17.6 Å². The van der Waals surface area contributed by atoms with E-state index < -0.39 is 5.60 Å². The van der Waals surface area contributed by atoms with Crippen LogP contribution in [0.2, 0.25) is 0 Å². The maximum atomic E-state index is 10.2. The van der Waals surface area contributed by atoms with Crippen molar-refractivity contribution in [1.29, 1.82) is 0 Å². The Labute approximate surface area is 112 Å². The molecule has 3 N–H and O–H groups in total. The van der Waals surface area contributed by atoms with Crippen molar-refractivity contribution in [2.24, 2.45) is 0 Å². The number of hydrogen-bond acceptors (Lipinski definition) is 4. The van der Waals surface area contributed by atoms with E-state index in [1.165, 1.54) is 19.3 Å². The van der Waals surface area contributed by atoms with Gasteiger partial charge in [0, 0.05) is 25.2 Å². The lowest BCUT2D eigenvalue weighted by molar-refractivity contribution is 0.0312. The lowest BCUT2D eigenvalue weighted by Crippen LogP contribution is -2.49. The molecule has 0 radical (unpaired) electrons. The molecule has 1 rings (SSSR count). The zero-order valence-corrected chi connectivity index (χ0v) is 12.5. The highest BCUT2D eigenvalue weighted by atomic mass is 16.3. The molecule has 0 amide bonds. The smallest absolute Gasteiger partial charge is 0.0869 e. The van der Waals surface area contributed by atoms with Crippen molar-refractivity contribution in [1.82, 2.24) is 15.5 Å². The molecule has 0 aromatic rings. The van der Waals surface area contributed by atoms with Crippen LogP contribution in [0.4, 0.5) is 0 Å². The van der Waals surface area contributed by atoms with E-state index in [4.69, 9.17) is 0 Å². The maximum Gasteiger partial charge on any atom is 0.0869 e. The molecule has 0 saturated carbocycles. The summed E-state index contributed by atoms with van der Waals surface area (Å²) < 4.78 is 0. The van der Waals surface area contributed by atoms with Gasteiger partial charge in [0.1, 0.15) is 0 Å². The fourth-order valence-corrected chi connectivity index (χ4v) is 2.77. The Bertz CT molecular complexity index is 225. The van der Waals surface area contributed by atoms with Crippen LogP contribution in [0.15, 0.2) is 0 Å². The molecule has 3 atom stereocenters. The second-order valence-electron chi connectivity index (χ2n) is 6.40. The number of aliphatic hydroxyl groups is 1. The largest absolute Gasteiger partial charge is 0.388 e. The molecule has 18 heavy (non-hydrogen) atoms. The van der Waals surface area contributed by atoms with E-state index in [1.54, 1.807) is 0 Å². The molecular formula is C14H31N3O. The van der Waals surface area contributed by atoms with Gasteiger partial charge in [-0.25, -0.2) is 0 Å². The molecule has 0 aliphatic carbocycles. The summed E-state index contributed by atoms with van der Waals surface area (Å²) in [5, 5.41) is 17.2. The van der Waals surface area contributed by atoms with Gasteiger partial charge in [-0.2, -0.15) is 0 Å². The van der Waals surface area contributed by atoms with Crippen LogP contribution in [0.3, 0.4) is 0 Å². The molecule has 108 valence electrons. The molecule has 1 saturated heterocycles. The molecule has 4 heteroatoms. The fourth-order valence-electron chi connectivity index (χ4n) is 2.77. The minimum absolute atomic E-state index is 0.453. The zero-order valence-electron chi connectivity index (χ0n) is 12.5. The van der Waals surface area contributed by atoms with Gasteiger partial charge in [0.15, 0.2) is 0 Å².